The molecule has 0 spiro atoms. The molecule has 18 heavy (non-hydrogen) atoms. The zero-order valence-electron chi connectivity index (χ0n) is 11.0. The van der Waals surface area contributed by atoms with Crippen molar-refractivity contribution in [3.05, 3.63) is 17.7 Å². The van der Waals surface area contributed by atoms with Crippen molar-refractivity contribution in [2.24, 2.45) is 5.41 Å². The molecule has 5 nitrogen and oxygen atoms in total. The summed E-state index contributed by atoms with van der Waals surface area (Å²) in [4.78, 5) is 11.5. The van der Waals surface area contributed by atoms with Crippen LogP contribution in [0.4, 0.5) is 0 Å². The van der Waals surface area contributed by atoms with E-state index in [0.717, 1.165) is 0 Å². The van der Waals surface area contributed by atoms with Gasteiger partial charge in [-0.3, -0.25) is 4.79 Å². The Kier molecular flexibility index (Phi) is 4.06. The molecule has 1 rings (SSSR count). The molecule has 0 aliphatic heterocycles. The molecule has 0 fully saturated rings. The van der Waals surface area contributed by atoms with Gasteiger partial charge in [0, 0.05) is 0 Å². The number of aromatic hydroxyl groups is 2. The Hall–Kier alpha value is -1.91. The van der Waals surface area contributed by atoms with E-state index in [9.17, 15) is 15.0 Å². The molecule has 0 radical (unpaired) electrons. The molecular weight excluding hydrogens is 236 g/mol. The molecule has 0 atom stereocenters. The van der Waals surface area contributed by atoms with Crippen LogP contribution >= 0.6 is 0 Å². The fourth-order valence-corrected chi connectivity index (χ4v) is 1.43. The van der Waals surface area contributed by atoms with E-state index >= 15 is 0 Å². The molecule has 2 N–H and O–H groups in total. The summed E-state index contributed by atoms with van der Waals surface area (Å²) in [5.41, 5.74) is -0.162. The number of methoxy groups -OCH3 is 1. The average molecular weight is 254 g/mol. The van der Waals surface area contributed by atoms with Gasteiger partial charge in [0.1, 0.15) is 6.61 Å². The molecule has 0 amide bonds. The summed E-state index contributed by atoms with van der Waals surface area (Å²) >= 11 is 0. The number of phenols is 2. The van der Waals surface area contributed by atoms with Gasteiger partial charge < -0.3 is 19.7 Å². The molecule has 0 saturated heterocycles. The Morgan fingerprint density at radius 3 is 2.50 bits per heavy atom. The summed E-state index contributed by atoms with van der Waals surface area (Å²) in [6.07, 6.45) is 0. The van der Waals surface area contributed by atoms with E-state index in [-0.39, 0.29) is 23.9 Å². The van der Waals surface area contributed by atoms with Crippen LogP contribution in [0.3, 0.4) is 0 Å². The van der Waals surface area contributed by atoms with E-state index < -0.39 is 11.4 Å². The van der Waals surface area contributed by atoms with Crippen molar-refractivity contribution < 1.29 is 24.5 Å². The van der Waals surface area contributed by atoms with Crippen LogP contribution in [0.1, 0.15) is 19.4 Å². The van der Waals surface area contributed by atoms with Gasteiger partial charge in [0.05, 0.1) is 12.5 Å². The number of rotatable bonds is 4. The highest BCUT2D eigenvalue weighted by molar-refractivity contribution is 5.76. The minimum atomic E-state index is -0.834. The van der Waals surface area contributed by atoms with Gasteiger partial charge >= 0.3 is 5.97 Å². The van der Waals surface area contributed by atoms with Crippen molar-refractivity contribution in [2.75, 3.05) is 13.7 Å². The molecule has 0 bridgehead atoms. The number of phenolic OH excluding ortho intramolecular Hbond substituents is 2. The molecule has 0 unspecified atom stereocenters. The predicted octanol–water partition coefficient (Wildman–Crippen LogP) is 1.98. The standard InChI is InChI=1S/C13H18O5/c1-8-5-6-9(14)10(15)11(8)18-7-13(2,3)12(16)17-4/h5-6,14-15H,7H2,1-4H3. The zero-order valence-corrected chi connectivity index (χ0v) is 11.0. The number of carbonyl (C=O) groups excluding carboxylic acids is 1. The van der Waals surface area contributed by atoms with Crippen LogP contribution in [0.5, 0.6) is 17.2 Å². The number of ether oxygens (including phenoxy) is 2. The normalized spacial score (nSPS) is 11.1. The van der Waals surface area contributed by atoms with Crippen LogP contribution in [-0.2, 0) is 9.53 Å². The highest BCUT2D eigenvalue weighted by Gasteiger charge is 2.30. The van der Waals surface area contributed by atoms with E-state index in [0.29, 0.717) is 5.56 Å². The van der Waals surface area contributed by atoms with Crippen molar-refractivity contribution in [2.45, 2.75) is 20.8 Å². The molecule has 1 aromatic rings. The van der Waals surface area contributed by atoms with E-state index in [1.165, 1.54) is 13.2 Å². The lowest BCUT2D eigenvalue weighted by atomic mass is 9.95. The minimum absolute atomic E-state index is 0.0392. The number of aryl methyl sites for hydroxylation is 1. The van der Waals surface area contributed by atoms with Gasteiger partial charge in [0.2, 0.25) is 5.75 Å². The van der Waals surface area contributed by atoms with E-state index in [1.54, 1.807) is 26.8 Å². The molecular formula is C13H18O5. The van der Waals surface area contributed by atoms with E-state index in [1.807, 2.05) is 0 Å². The first-order valence-electron chi connectivity index (χ1n) is 5.52. The van der Waals surface area contributed by atoms with Gasteiger partial charge in [-0.15, -0.1) is 0 Å². The van der Waals surface area contributed by atoms with Crippen molar-refractivity contribution in [3.8, 4) is 17.2 Å². The average Bonchev–Trinajstić information content (AvgIpc) is 2.32. The second-order valence-electron chi connectivity index (χ2n) is 4.74. The fourth-order valence-electron chi connectivity index (χ4n) is 1.43. The summed E-state index contributed by atoms with van der Waals surface area (Å²) in [6.45, 7) is 5.12. The van der Waals surface area contributed by atoms with Crippen LogP contribution in [0.2, 0.25) is 0 Å². The number of hydrogen-bond donors (Lipinski definition) is 2. The highest BCUT2D eigenvalue weighted by atomic mass is 16.5. The Morgan fingerprint density at radius 2 is 1.94 bits per heavy atom. The van der Waals surface area contributed by atoms with Gasteiger partial charge in [-0.25, -0.2) is 0 Å². The Labute approximate surface area is 106 Å². The molecule has 0 saturated carbocycles. The van der Waals surface area contributed by atoms with Crippen molar-refractivity contribution in [3.63, 3.8) is 0 Å². The largest absolute Gasteiger partial charge is 0.504 e. The fraction of sp³-hybridized carbons (Fsp3) is 0.462. The second-order valence-corrected chi connectivity index (χ2v) is 4.74. The van der Waals surface area contributed by atoms with Crippen molar-refractivity contribution in [1.29, 1.82) is 0 Å². The van der Waals surface area contributed by atoms with Gasteiger partial charge in [0.15, 0.2) is 11.5 Å². The SMILES string of the molecule is COC(=O)C(C)(C)COc1c(C)ccc(O)c1O. The molecule has 0 aliphatic rings. The summed E-state index contributed by atoms with van der Waals surface area (Å²) in [7, 11) is 1.31. The van der Waals surface area contributed by atoms with Crippen molar-refractivity contribution >= 4 is 5.97 Å². The maximum atomic E-state index is 11.5. The van der Waals surface area contributed by atoms with E-state index in [2.05, 4.69) is 4.74 Å². The maximum Gasteiger partial charge on any atom is 0.314 e. The first-order chi connectivity index (χ1) is 8.29. The Bertz CT molecular complexity index is 451. The predicted molar refractivity (Wildman–Crippen MR) is 65.8 cm³/mol. The van der Waals surface area contributed by atoms with Crippen LogP contribution in [0.25, 0.3) is 0 Å². The zero-order chi connectivity index (χ0) is 13.9. The third kappa shape index (κ3) is 2.85. The minimum Gasteiger partial charge on any atom is -0.504 e. The topological polar surface area (TPSA) is 76.0 Å². The van der Waals surface area contributed by atoms with Gasteiger partial charge in [0.25, 0.3) is 0 Å². The third-order valence-corrected chi connectivity index (χ3v) is 2.62. The van der Waals surface area contributed by atoms with Crippen LogP contribution in [0.15, 0.2) is 12.1 Å². The summed E-state index contributed by atoms with van der Waals surface area (Å²) in [5, 5.41) is 19.1. The summed E-state index contributed by atoms with van der Waals surface area (Å²) in [6, 6.07) is 3.00. The smallest absolute Gasteiger partial charge is 0.314 e. The lowest BCUT2D eigenvalue weighted by molar-refractivity contribution is -0.152. The molecule has 5 heteroatoms. The third-order valence-electron chi connectivity index (χ3n) is 2.62. The molecule has 0 heterocycles. The molecule has 1 aromatic carbocycles. The number of hydrogen-bond acceptors (Lipinski definition) is 5. The van der Waals surface area contributed by atoms with Crippen LogP contribution < -0.4 is 4.74 Å². The monoisotopic (exact) mass is 254 g/mol. The van der Waals surface area contributed by atoms with Crippen LogP contribution in [0, 0.1) is 12.3 Å². The Balaban J connectivity index is 2.87. The van der Waals surface area contributed by atoms with Crippen molar-refractivity contribution in [1.82, 2.24) is 0 Å². The first-order valence-corrected chi connectivity index (χ1v) is 5.52. The number of benzene rings is 1. The van der Waals surface area contributed by atoms with Gasteiger partial charge in [-0.05, 0) is 32.4 Å². The van der Waals surface area contributed by atoms with E-state index in [4.69, 9.17) is 4.74 Å². The molecule has 0 aromatic heterocycles. The quantitative estimate of drug-likeness (QED) is 0.634. The number of esters is 1. The summed E-state index contributed by atoms with van der Waals surface area (Å²) in [5.74, 6) is -0.811. The molecule has 0 aliphatic carbocycles. The molecule has 100 valence electrons. The maximum absolute atomic E-state index is 11.5. The van der Waals surface area contributed by atoms with Gasteiger partial charge in [-0.2, -0.15) is 0 Å². The van der Waals surface area contributed by atoms with Gasteiger partial charge in [-0.1, -0.05) is 6.07 Å². The summed E-state index contributed by atoms with van der Waals surface area (Å²) < 4.78 is 10.1. The first kappa shape index (κ1) is 14.2. The highest BCUT2D eigenvalue weighted by Crippen LogP contribution is 2.38. The Morgan fingerprint density at radius 1 is 1.33 bits per heavy atom. The lowest BCUT2D eigenvalue weighted by Gasteiger charge is -2.22. The lowest BCUT2D eigenvalue weighted by Crippen LogP contribution is -2.32. The van der Waals surface area contributed by atoms with Crippen LogP contribution in [-0.4, -0.2) is 29.9 Å². The number of carbonyl (C=O) groups is 1. The second kappa shape index (κ2) is 5.16.